The van der Waals surface area contributed by atoms with Gasteiger partial charge in [-0.3, -0.25) is 0 Å². The van der Waals surface area contributed by atoms with E-state index in [2.05, 4.69) is 22.0 Å². The van der Waals surface area contributed by atoms with Gasteiger partial charge in [0.2, 0.25) is 0 Å². The van der Waals surface area contributed by atoms with Crippen molar-refractivity contribution in [2.45, 2.75) is 12.7 Å². The molecule has 0 aliphatic heterocycles. The van der Waals surface area contributed by atoms with E-state index < -0.39 is 0 Å². The van der Waals surface area contributed by atoms with Crippen LogP contribution in [-0.4, -0.2) is 6.54 Å². The normalized spacial score (nSPS) is 12.6. The Kier molecular flexibility index (Phi) is 4.74. The number of hydrogen-bond donors (Lipinski definition) is 1. The van der Waals surface area contributed by atoms with Crippen molar-refractivity contribution in [3.63, 3.8) is 0 Å². The van der Waals surface area contributed by atoms with Crippen LogP contribution in [0.25, 0.3) is 0 Å². The molecular formula is C13H14BrNOS. The number of thiophene rings is 1. The highest BCUT2D eigenvalue weighted by atomic mass is 79.9. The summed E-state index contributed by atoms with van der Waals surface area (Å²) < 4.78 is 6.93. The number of benzene rings is 1. The third kappa shape index (κ3) is 3.39. The second-order valence-corrected chi connectivity index (χ2v) is 5.48. The van der Waals surface area contributed by atoms with E-state index in [-0.39, 0.29) is 6.10 Å². The van der Waals surface area contributed by atoms with Crippen molar-refractivity contribution in [3.8, 4) is 0 Å². The first kappa shape index (κ1) is 12.8. The zero-order chi connectivity index (χ0) is 12.1. The third-order valence-electron chi connectivity index (χ3n) is 2.47. The summed E-state index contributed by atoms with van der Waals surface area (Å²) in [6.07, 6.45) is -0.0119. The predicted octanol–water partition coefficient (Wildman–Crippen LogP) is 3.73. The number of rotatable bonds is 5. The molecule has 0 amide bonds. The average Bonchev–Trinajstić information content (AvgIpc) is 2.86. The van der Waals surface area contributed by atoms with Crippen LogP contribution in [0.5, 0.6) is 0 Å². The highest BCUT2D eigenvalue weighted by molar-refractivity contribution is 9.10. The topological polar surface area (TPSA) is 35.2 Å². The van der Waals surface area contributed by atoms with Gasteiger partial charge in [0.1, 0.15) is 6.10 Å². The molecule has 1 atom stereocenters. The van der Waals surface area contributed by atoms with Gasteiger partial charge >= 0.3 is 0 Å². The lowest BCUT2D eigenvalue weighted by atomic mass is 10.2. The first-order valence-electron chi connectivity index (χ1n) is 5.39. The Labute approximate surface area is 114 Å². The van der Waals surface area contributed by atoms with Crippen LogP contribution in [0.1, 0.15) is 16.5 Å². The molecule has 2 rings (SSSR count). The van der Waals surface area contributed by atoms with E-state index >= 15 is 0 Å². The zero-order valence-corrected chi connectivity index (χ0v) is 11.7. The van der Waals surface area contributed by atoms with E-state index in [1.165, 1.54) is 4.88 Å². The standard InChI is InChI=1S/C13H14BrNOS/c14-11-5-2-1-4-10(11)9-16-12(8-15)13-6-3-7-17-13/h1-7,12H,8-9,15H2. The van der Waals surface area contributed by atoms with Crippen molar-refractivity contribution in [3.05, 3.63) is 56.7 Å². The largest absolute Gasteiger partial charge is 0.367 e. The first-order valence-corrected chi connectivity index (χ1v) is 7.07. The van der Waals surface area contributed by atoms with Gasteiger partial charge < -0.3 is 10.5 Å². The van der Waals surface area contributed by atoms with Crippen LogP contribution in [0.4, 0.5) is 0 Å². The molecule has 4 heteroatoms. The lowest BCUT2D eigenvalue weighted by molar-refractivity contribution is 0.0477. The van der Waals surface area contributed by atoms with Crippen LogP contribution in [0.2, 0.25) is 0 Å². The summed E-state index contributed by atoms with van der Waals surface area (Å²) in [4.78, 5) is 1.18. The highest BCUT2D eigenvalue weighted by Gasteiger charge is 2.11. The first-order chi connectivity index (χ1) is 8.31. The van der Waals surface area contributed by atoms with E-state index in [0.29, 0.717) is 13.2 Å². The maximum Gasteiger partial charge on any atom is 0.104 e. The van der Waals surface area contributed by atoms with Gasteiger partial charge in [-0.15, -0.1) is 11.3 Å². The molecule has 0 spiro atoms. The third-order valence-corrected chi connectivity index (χ3v) is 4.21. The van der Waals surface area contributed by atoms with Crippen LogP contribution in [-0.2, 0) is 11.3 Å². The summed E-state index contributed by atoms with van der Waals surface area (Å²) >= 11 is 5.19. The second kappa shape index (κ2) is 6.31. The summed E-state index contributed by atoms with van der Waals surface area (Å²) in [5.41, 5.74) is 6.88. The Morgan fingerprint density at radius 1 is 1.24 bits per heavy atom. The van der Waals surface area contributed by atoms with E-state index in [9.17, 15) is 0 Å². The number of ether oxygens (including phenoxy) is 1. The molecule has 1 aromatic carbocycles. The van der Waals surface area contributed by atoms with Gasteiger partial charge in [-0.05, 0) is 23.1 Å². The molecule has 1 unspecified atom stereocenters. The van der Waals surface area contributed by atoms with Gasteiger partial charge in [-0.1, -0.05) is 40.2 Å². The Balaban J connectivity index is 2.00. The van der Waals surface area contributed by atoms with Crippen molar-refractivity contribution in [2.24, 2.45) is 5.73 Å². The molecule has 2 aromatic rings. The molecule has 0 aliphatic carbocycles. The van der Waals surface area contributed by atoms with Gasteiger partial charge in [-0.25, -0.2) is 0 Å². The molecule has 1 heterocycles. The van der Waals surface area contributed by atoms with Crippen LogP contribution in [0.15, 0.2) is 46.3 Å². The van der Waals surface area contributed by atoms with E-state index in [4.69, 9.17) is 10.5 Å². The molecule has 0 fully saturated rings. The molecule has 0 radical (unpaired) electrons. The summed E-state index contributed by atoms with van der Waals surface area (Å²) in [6, 6.07) is 12.1. The minimum atomic E-state index is -0.0119. The quantitative estimate of drug-likeness (QED) is 0.913. The lowest BCUT2D eigenvalue weighted by Gasteiger charge is -2.15. The number of halogens is 1. The van der Waals surface area contributed by atoms with Crippen molar-refractivity contribution >= 4 is 27.3 Å². The summed E-state index contributed by atoms with van der Waals surface area (Å²) in [7, 11) is 0. The molecule has 90 valence electrons. The number of nitrogens with two attached hydrogens (primary N) is 1. The molecule has 1 aromatic heterocycles. The Morgan fingerprint density at radius 3 is 2.71 bits per heavy atom. The summed E-state index contributed by atoms with van der Waals surface area (Å²) in [5, 5.41) is 2.04. The average molecular weight is 312 g/mol. The monoisotopic (exact) mass is 311 g/mol. The maximum atomic E-state index is 5.86. The van der Waals surface area contributed by atoms with Crippen LogP contribution >= 0.6 is 27.3 Å². The predicted molar refractivity (Wildman–Crippen MR) is 75.0 cm³/mol. The van der Waals surface area contributed by atoms with Gasteiger partial charge in [0, 0.05) is 15.9 Å². The van der Waals surface area contributed by atoms with Gasteiger partial charge in [0.15, 0.2) is 0 Å². The van der Waals surface area contributed by atoms with Crippen molar-refractivity contribution in [1.82, 2.24) is 0 Å². The van der Waals surface area contributed by atoms with Crippen molar-refractivity contribution in [2.75, 3.05) is 6.54 Å². The lowest BCUT2D eigenvalue weighted by Crippen LogP contribution is -2.14. The fraction of sp³-hybridized carbons (Fsp3) is 0.231. The van der Waals surface area contributed by atoms with Crippen LogP contribution < -0.4 is 5.73 Å². The second-order valence-electron chi connectivity index (χ2n) is 3.64. The van der Waals surface area contributed by atoms with Crippen LogP contribution in [0, 0.1) is 0 Å². The minimum Gasteiger partial charge on any atom is -0.367 e. The number of hydrogen-bond acceptors (Lipinski definition) is 3. The van der Waals surface area contributed by atoms with Crippen LogP contribution in [0.3, 0.4) is 0 Å². The molecule has 0 aliphatic rings. The van der Waals surface area contributed by atoms with E-state index in [1.807, 2.05) is 35.7 Å². The zero-order valence-electron chi connectivity index (χ0n) is 9.30. The Hall–Kier alpha value is -0.680. The molecule has 0 saturated heterocycles. The SMILES string of the molecule is NCC(OCc1ccccc1Br)c1cccs1. The maximum absolute atomic E-state index is 5.86. The fourth-order valence-corrected chi connectivity index (χ4v) is 2.73. The van der Waals surface area contributed by atoms with Crippen molar-refractivity contribution < 1.29 is 4.74 Å². The van der Waals surface area contributed by atoms with E-state index in [1.54, 1.807) is 11.3 Å². The van der Waals surface area contributed by atoms with Crippen molar-refractivity contribution in [1.29, 1.82) is 0 Å². The molecule has 17 heavy (non-hydrogen) atoms. The fourth-order valence-electron chi connectivity index (χ4n) is 1.55. The Morgan fingerprint density at radius 2 is 2.06 bits per heavy atom. The summed E-state index contributed by atoms with van der Waals surface area (Å²) in [5.74, 6) is 0. The van der Waals surface area contributed by atoms with Gasteiger partial charge in [0.25, 0.3) is 0 Å². The summed E-state index contributed by atoms with van der Waals surface area (Å²) in [6.45, 7) is 1.08. The molecule has 2 N–H and O–H groups in total. The highest BCUT2D eigenvalue weighted by Crippen LogP contribution is 2.24. The molecule has 0 saturated carbocycles. The van der Waals surface area contributed by atoms with Gasteiger partial charge in [0.05, 0.1) is 6.61 Å². The molecule has 2 nitrogen and oxygen atoms in total. The Bertz CT molecular complexity index is 458. The van der Waals surface area contributed by atoms with E-state index in [0.717, 1.165) is 10.0 Å². The molecular weight excluding hydrogens is 298 g/mol. The van der Waals surface area contributed by atoms with Gasteiger partial charge in [-0.2, -0.15) is 0 Å². The minimum absolute atomic E-state index is 0.0119. The smallest absolute Gasteiger partial charge is 0.104 e. The molecule has 0 bridgehead atoms.